The van der Waals surface area contributed by atoms with Crippen LogP contribution in [0.4, 0.5) is 5.82 Å². The van der Waals surface area contributed by atoms with Crippen molar-refractivity contribution in [3.63, 3.8) is 0 Å². The highest BCUT2D eigenvalue weighted by atomic mass is 127. The summed E-state index contributed by atoms with van der Waals surface area (Å²) in [4.78, 5) is 13.9. The van der Waals surface area contributed by atoms with Crippen molar-refractivity contribution in [2.24, 2.45) is 10.9 Å². The highest BCUT2D eigenvalue weighted by molar-refractivity contribution is 14.0. The molecule has 7 heteroatoms. The quantitative estimate of drug-likeness (QED) is 0.370. The molecule has 2 heterocycles. The number of halogens is 1. The van der Waals surface area contributed by atoms with Crippen LogP contribution in [0.25, 0.3) is 10.9 Å². The highest BCUT2D eigenvalue weighted by Gasteiger charge is 2.38. The summed E-state index contributed by atoms with van der Waals surface area (Å²) in [7, 11) is 5.91. The summed E-state index contributed by atoms with van der Waals surface area (Å²) >= 11 is 0. The van der Waals surface area contributed by atoms with Crippen LogP contribution >= 0.6 is 24.0 Å². The molecule has 29 heavy (non-hydrogen) atoms. The standard InChI is InChI=1S/C22H32N6.HI/c1-15-13-28(17-9-10-17)14-20(15)26-22(23-2)24-12-16-11-21(27(3)4)25-19-8-6-5-7-18(16)19;/h5-8,11,15,17,20H,9-10,12-14H2,1-4H3,(H2,23,24,26);1H. The largest absolute Gasteiger partial charge is 0.363 e. The first kappa shape index (κ1) is 22.1. The van der Waals surface area contributed by atoms with Crippen LogP contribution < -0.4 is 15.5 Å². The Morgan fingerprint density at radius 1 is 1.24 bits per heavy atom. The Balaban J connectivity index is 0.00000240. The first-order valence-corrected chi connectivity index (χ1v) is 10.3. The number of hydrogen-bond donors (Lipinski definition) is 2. The number of aromatic nitrogens is 1. The van der Waals surface area contributed by atoms with E-state index in [1.807, 2.05) is 27.2 Å². The fourth-order valence-electron chi connectivity index (χ4n) is 4.09. The van der Waals surface area contributed by atoms with E-state index in [-0.39, 0.29) is 24.0 Å². The number of fused-ring (bicyclic) bond motifs is 1. The summed E-state index contributed by atoms with van der Waals surface area (Å²) in [6.45, 7) is 5.38. The Hall–Kier alpha value is -1.61. The van der Waals surface area contributed by atoms with Crippen molar-refractivity contribution in [1.82, 2.24) is 20.5 Å². The van der Waals surface area contributed by atoms with Crippen LogP contribution in [0.2, 0.25) is 0 Å². The first-order valence-electron chi connectivity index (χ1n) is 10.3. The number of likely N-dealkylation sites (tertiary alicyclic amines) is 1. The predicted octanol–water partition coefficient (Wildman–Crippen LogP) is 3.07. The Kier molecular flexibility index (Phi) is 7.21. The molecule has 2 fully saturated rings. The third-order valence-electron chi connectivity index (χ3n) is 5.94. The summed E-state index contributed by atoms with van der Waals surface area (Å²) in [5.74, 6) is 2.49. The van der Waals surface area contributed by atoms with Gasteiger partial charge in [-0.1, -0.05) is 25.1 Å². The predicted molar refractivity (Wildman–Crippen MR) is 132 cm³/mol. The van der Waals surface area contributed by atoms with Gasteiger partial charge in [0, 0.05) is 58.2 Å². The van der Waals surface area contributed by atoms with E-state index < -0.39 is 0 Å². The molecule has 1 aromatic heterocycles. The van der Waals surface area contributed by atoms with Crippen LogP contribution in [0, 0.1) is 5.92 Å². The molecule has 0 bridgehead atoms. The maximum Gasteiger partial charge on any atom is 0.191 e. The Labute approximate surface area is 191 Å². The van der Waals surface area contributed by atoms with Gasteiger partial charge in [0.25, 0.3) is 0 Å². The van der Waals surface area contributed by atoms with E-state index in [0.29, 0.717) is 12.0 Å². The van der Waals surface area contributed by atoms with Crippen LogP contribution in [0.3, 0.4) is 0 Å². The molecular weight excluding hydrogens is 475 g/mol. The molecule has 0 amide bonds. The molecule has 1 saturated heterocycles. The Morgan fingerprint density at radius 2 is 2.00 bits per heavy atom. The Bertz CT molecular complexity index is 864. The summed E-state index contributed by atoms with van der Waals surface area (Å²) in [6, 6.07) is 11.8. The van der Waals surface area contributed by atoms with Crippen molar-refractivity contribution < 1.29 is 0 Å². The van der Waals surface area contributed by atoms with E-state index in [2.05, 4.69) is 56.6 Å². The molecular formula is C22H33IN6. The monoisotopic (exact) mass is 508 g/mol. The number of hydrogen-bond acceptors (Lipinski definition) is 4. The molecule has 0 spiro atoms. The summed E-state index contributed by atoms with van der Waals surface area (Å²) in [6.07, 6.45) is 2.74. The number of anilines is 1. The summed E-state index contributed by atoms with van der Waals surface area (Å²) in [5.41, 5.74) is 2.26. The van der Waals surface area contributed by atoms with Crippen molar-refractivity contribution in [2.45, 2.75) is 38.4 Å². The molecule has 1 aliphatic heterocycles. The minimum atomic E-state index is 0. The number of aliphatic imine (C=N–C) groups is 1. The van der Waals surface area contributed by atoms with Crippen LogP contribution in [-0.4, -0.2) is 62.2 Å². The number of benzene rings is 1. The van der Waals surface area contributed by atoms with Crippen molar-refractivity contribution in [3.8, 4) is 0 Å². The minimum absolute atomic E-state index is 0. The molecule has 1 aliphatic carbocycles. The average Bonchev–Trinajstić information content (AvgIpc) is 3.48. The van der Waals surface area contributed by atoms with Crippen molar-refractivity contribution in [1.29, 1.82) is 0 Å². The lowest BCUT2D eigenvalue weighted by molar-refractivity contribution is 0.315. The maximum atomic E-state index is 4.75. The normalized spacial score (nSPS) is 22.4. The van der Waals surface area contributed by atoms with Gasteiger partial charge in [-0.2, -0.15) is 0 Å². The molecule has 2 N–H and O–H groups in total. The Morgan fingerprint density at radius 3 is 2.69 bits per heavy atom. The lowest BCUT2D eigenvalue weighted by atomic mass is 10.1. The van der Waals surface area contributed by atoms with Crippen LogP contribution in [0.15, 0.2) is 35.3 Å². The van der Waals surface area contributed by atoms with Gasteiger partial charge >= 0.3 is 0 Å². The van der Waals surface area contributed by atoms with Gasteiger partial charge in [0.1, 0.15) is 5.82 Å². The first-order chi connectivity index (χ1) is 13.5. The van der Waals surface area contributed by atoms with Gasteiger partial charge in [0.2, 0.25) is 0 Å². The lowest BCUT2D eigenvalue weighted by Gasteiger charge is -2.21. The zero-order valence-corrected chi connectivity index (χ0v) is 20.2. The number of nitrogens with zero attached hydrogens (tertiary/aromatic N) is 4. The minimum Gasteiger partial charge on any atom is -0.363 e. The SMILES string of the molecule is CN=C(NCc1cc(N(C)C)nc2ccccc12)NC1CN(C2CC2)CC1C.I. The third kappa shape index (κ3) is 5.12. The van der Waals surface area contributed by atoms with Gasteiger partial charge in [-0.15, -0.1) is 24.0 Å². The van der Waals surface area contributed by atoms with E-state index in [9.17, 15) is 0 Å². The van der Waals surface area contributed by atoms with Gasteiger partial charge in [-0.25, -0.2) is 4.98 Å². The summed E-state index contributed by atoms with van der Waals surface area (Å²) < 4.78 is 0. The fourth-order valence-corrected chi connectivity index (χ4v) is 4.09. The van der Waals surface area contributed by atoms with Crippen LogP contribution in [0.1, 0.15) is 25.3 Å². The number of pyridine rings is 1. The van der Waals surface area contributed by atoms with E-state index >= 15 is 0 Å². The zero-order valence-electron chi connectivity index (χ0n) is 17.9. The van der Waals surface area contributed by atoms with E-state index in [1.165, 1.54) is 30.3 Å². The smallest absolute Gasteiger partial charge is 0.191 e. The zero-order chi connectivity index (χ0) is 19.7. The molecule has 4 rings (SSSR count). The maximum absolute atomic E-state index is 4.75. The molecule has 2 atom stereocenters. The van der Waals surface area contributed by atoms with Gasteiger partial charge in [-0.05, 0) is 36.5 Å². The number of para-hydroxylation sites is 1. The van der Waals surface area contributed by atoms with Crippen molar-refractivity contribution >= 4 is 46.7 Å². The molecule has 1 aromatic carbocycles. The number of nitrogens with one attached hydrogen (secondary N) is 2. The number of guanidine groups is 1. The molecule has 2 aromatic rings. The van der Waals surface area contributed by atoms with Crippen molar-refractivity contribution in [3.05, 3.63) is 35.9 Å². The highest BCUT2D eigenvalue weighted by Crippen LogP contribution is 2.31. The van der Waals surface area contributed by atoms with Crippen LogP contribution in [0.5, 0.6) is 0 Å². The number of rotatable bonds is 5. The van der Waals surface area contributed by atoms with Crippen molar-refractivity contribution in [2.75, 3.05) is 39.1 Å². The van der Waals surface area contributed by atoms with E-state index in [4.69, 9.17) is 4.98 Å². The molecule has 158 valence electrons. The second kappa shape index (κ2) is 9.47. The lowest BCUT2D eigenvalue weighted by Crippen LogP contribution is -2.46. The molecule has 1 saturated carbocycles. The van der Waals surface area contributed by atoms with E-state index in [0.717, 1.165) is 36.4 Å². The second-order valence-electron chi connectivity index (χ2n) is 8.39. The second-order valence-corrected chi connectivity index (χ2v) is 8.39. The van der Waals surface area contributed by atoms with E-state index in [1.54, 1.807) is 0 Å². The van der Waals surface area contributed by atoms with Crippen LogP contribution in [-0.2, 0) is 6.54 Å². The topological polar surface area (TPSA) is 55.8 Å². The summed E-state index contributed by atoms with van der Waals surface area (Å²) in [5, 5.41) is 8.37. The van der Waals surface area contributed by atoms with Gasteiger partial charge < -0.3 is 15.5 Å². The fraction of sp³-hybridized carbons (Fsp3) is 0.545. The van der Waals surface area contributed by atoms with Gasteiger partial charge in [0.15, 0.2) is 5.96 Å². The average molecular weight is 508 g/mol. The third-order valence-corrected chi connectivity index (χ3v) is 5.94. The van der Waals surface area contributed by atoms with Gasteiger partial charge in [0.05, 0.1) is 5.52 Å². The van der Waals surface area contributed by atoms with Gasteiger partial charge in [-0.3, -0.25) is 9.89 Å². The molecule has 2 unspecified atom stereocenters. The molecule has 0 radical (unpaired) electrons. The molecule has 6 nitrogen and oxygen atoms in total. The molecule has 2 aliphatic rings.